The van der Waals surface area contributed by atoms with Crippen molar-refractivity contribution in [2.75, 3.05) is 11.6 Å². The van der Waals surface area contributed by atoms with E-state index in [1.807, 2.05) is 30.5 Å². The van der Waals surface area contributed by atoms with Gasteiger partial charge in [0.25, 0.3) is 5.91 Å². The van der Waals surface area contributed by atoms with E-state index in [-0.39, 0.29) is 5.91 Å². The fourth-order valence-corrected chi connectivity index (χ4v) is 4.50. The molecule has 1 aliphatic rings. The summed E-state index contributed by atoms with van der Waals surface area (Å²) in [6.45, 7) is 0. The highest BCUT2D eigenvalue weighted by atomic mass is 32.2. The van der Waals surface area contributed by atoms with Crippen molar-refractivity contribution in [3.05, 3.63) is 51.9 Å². The number of nitrogens with two attached hydrogens (primary N) is 1. The van der Waals surface area contributed by atoms with E-state index in [1.54, 1.807) is 17.8 Å². The van der Waals surface area contributed by atoms with Gasteiger partial charge in [-0.1, -0.05) is 12.1 Å². The summed E-state index contributed by atoms with van der Waals surface area (Å²) < 4.78 is 0. The minimum atomic E-state index is -0.471. The fourth-order valence-electron chi connectivity index (χ4n) is 2.79. The molecule has 3 N–H and O–H groups in total. The minimum Gasteiger partial charge on any atom is -0.365 e. The lowest BCUT2D eigenvalue weighted by Gasteiger charge is -2.03. The standard InChI is InChI=1S/C18H18N2O2S2/c1-23-12-8-5-11(6-9-12)7-10-15(21)20-18-16(17(19)22)13-3-2-4-14(13)24-18/h5-10H,2-4H2,1H3,(H2,19,22)(H,20,21). The van der Waals surface area contributed by atoms with Crippen molar-refractivity contribution < 1.29 is 9.59 Å². The van der Waals surface area contributed by atoms with Gasteiger partial charge in [0, 0.05) is 15.8 Å². The highest BCUT2D eigenvalue weighted by Crippen LogP contribution is 2.38. The van der Waals surface area contributed by atoms with Gasteiger partial charge in [-0.2, -0.15) is 0 Å². The molecule has 2 aromatic rings. The van der Waals surface area contributed by atoms with Gasteiger partial charge in [-0.05, 0) is 54.9 Å². The molecule has 0 aliphatic heterocycles. The highest BCUT2D eigenvalue weighted by molar-refractivity contribution is 7.98. The summed E-state index contributed by atoms with van der Waals surface area (Å²) in [7, 11) is 0. The normalized spacial score (nSPS) is 13.2. The van der Waals surface area contributed by atoms with Crippen LogP contribution in [0.2, 0.25) is 0 Å². The number of carbonyl (C=O) groups is 2. The number of primary amides is 1. The van der Waals surface area contributed by atoms with Crippen molar-refractivity contribution in [2.24, 2.45) is 5.73 Å². The van der Waals surface area contributed by atoms with Crippen LogP contribution in [0.4, 0.5) is 5.00 Å². The average molecular weight is 358 g/mol. The van der Waals surface area contributed by atoms with E-state index in [9.17, 15) is 9.59 Å². The molecule has 1 aliphatic carbocycles. The second kappa shape index (κ2) is 7.23. The second-order valence-electron chi connectivity index (χ2n) is 5.52. The third-order valence-corrected chi connectivity index (χ3v) is 5.90. The smallest absolute Gasteiger partial charge is 0.251 e. The van der Waals surface area contributed by atoms with E-state index in [2.05, 4.69) is 5.32 Å². The number of carbonyl (C=O) groups excluding carboxylic acids is 2. The van der Waals surface area contributed by atoms with E-state index in [0.29, 0.717) is 10.6 Å². The molecule has 0 spiro atoms. The number of benzene rings is 1. The molecule has 0 saturated heterocycles. The van der Waals surface area contributed by atoms with Gasteiger partial charge in [-0.15, -0.1) is 23.1 Å². The topological polar surface area (TPSA) is 72.2 Å². The van der Waals surface area contributed by atoms with E-state index < -0.39 is 5.91 Å². The van der Waals surface area contributed by atoms with Gasteiger partial charge in [-0.3, -0.25) is 9.59 Å². The maximum Gasteiger partial charge on any atom is 0.251 e. The van der Waals surface area contributed by atoms with Gasteiger partial charge in [0.15, 0.2) is 0 Å². The number of thioether (sulfide) groups is 1. The van der Waals surface area contributed by atoms with Crippen molar-refractivity contribution in [3.63, 3.8) is 0 Å². The molecule has 6 heteroatoms. The molecular weight excluding hydrogens is 340 g/mol. The van der Waals surface area contributed by atoms with Gasteiger partial charge in [0.2, 0.25) is 5.91 Å². The molecule has 2 amide bonds. The summed E-state index contributed by atoms with van der Waals surface area (Å²) in [5.41, 5.74) is 7.95. The van der Waals surface area contributed by atoms with E-state index >= 15 is 0 Å². The molecule has 24 heavy (non-hydrogen) atoms. The molecule has 124 valence electrons. The van der Waals surface area contributed by atoms with E-state index in [1.165, 1.54) is 22.3 Å². The van der Waals surface area contributed by atoms with Gasteiger partial charge in [-0.25, -0.2) is 0 Å². The van der Waals surface area contributed by atoms with Crippen LogP contribution in [-0.2, 0) is 17.6 Å². The molecule has 1 heterocycles. The van der Waals surface area contributed by atoms with Crippen LogP contribution in [-0.4, -0.2) is 18.1 Å². The molecule has 3 rings (SSSR count). The molecule has 0 saturated carbocycles. The highest BCUT2D eigenvalue weighted by Gasteiger charge is 2.25. The lowest BCUT2D eigenvalue weighted by atomic mass is 10.1. The molecule has 0 fully saturated rings. The zero-order valence-electron chi connectivity index (χ0n) is 13.3. The van der Waals surface area contributed by atoms with E-state index in [0.717, 1.165) is 35.3 Å². The number of amides is 2. The molecule has 0 radical (unpaired) electrons. The number of aryl methyl sites for hydroxylation is 1. The Morgan fingerprint density at radius 3 is 2.67 bits per heavy atom. The Morgan fingerprint density at radius 1 is 1.25 bits per heavy atom. The SMILES string of the molecule is CSc1ccc(C=CC(=O)Nc2sc3c(c2C(N)=O)CCC3)cc1. The predicted octanol–water partition coefficient (Wildman–Crippen LogP) is 3.71. The van der Waals surface area contributed by atoms with Gasteiger partial charge >= 0.3 is 0 Å². The maximum atomic E-state index is 12.2. The summed E-state index contributed by atoms with van der Waals surface area (Å²) >= 11 is 3.14. The Hall–Kier alpha value is -2.05. The quantitative estimate of drug-likeness (QED) is 0.632. The van der Waals surface area contributed by atoms with Crippen LogP contribution in [0.15, 0.2) is 35.2 Å². The first-order chi connectivity index (χ1) is 11.6. The zero-order chi connectivity index (χ0) is 17.1. The molecule has 1 aromatic heterocycles. The molecule has 0 bridgehead atoms. The lowest BCUT2D eigenvalue weighted by molar-refractivity contribution is -0.111. The number of nitrogens with one attached hydrogen (secondary N) is 1. The molecule has 1 aromatic carbocycles. The van der Waals surface area contributed by atoms with Crippen LogP contribution in [0.3, 0.4) is 0 Å². The maximum absolute atomic E-state index is 12.2. The number of hydrogen-bond acceptors (Lipinski definition) is 4. The van der Waals surface area contributed by atoms with E-state index in [4.69, 9.17) is 5.73 Å². The van der Waals surface area contributed by atoms with Gasteiger partial charge < -0.3 is 11.1 Å². The largest absolute Gasteiger partial charge is 0.365 e. The second-order valence-corrected chi connectivity index (χ2v) is 7.51. The third kappa shape index (κ3) is 3.55. The predicted molar refractivity (Wildman–Crippen MR) is 101 cm³/mol. The average Bonchev–Trinajstić information content (AvgIpc) is 3.13. The molecular formula is C18H18N2O2S2. The molecule has 0 unspecified atom stereocenters. The Kier molecular flexibility index (Phi) is 5.06. The number of anilines is 1. The van der Waals surface area contributed by atoms with Crippen molar-refractivity contribution in [1.82, 2.24) is 0 Å². The third-order valence-electron chi connectivity index (χ3n) is 3.95. The van der Waals surface area contributed by atoms with Crippen LogP contribution in [0.5, 0.6) is 0 Å². The fraction of sp³-hybridized carbons (Fsp3) is 0.222. The Morgan fingerprint density at radius 2 is 2.00 bits per heavy atom. The first kappa shape index (κ1) is 16.8. The van der Waals surface area contributed by atoms with Gasteiger partial charge in [0.05, 0.1) is 5.56 Å². The van der Waals surface area contributed by atoms with Crippen molar-refractivity contribution in [3.8, 4) is 0 Å². The van der Waals surface area contributed by atoms with Crippen LogP contribution >= 0.6 is 23.1 Å². The van der Waals surface area contributed by atoms with Gasteiger partial charge in [0.1, 0.15) is 5.00 Å². The number of rotatable bonds is 5. The Bertz CT molecular complexity index is 807. The number of thiophene rings is 1. The summed E-state index contributed by atoms with van der Waals surface area (Å²) in [4.78, 5) is 26.2. The van der Waals surface area contributed by atoms with Crippen molar-refractivity contribution in [2.45, 2.75) is 24.2 Å². The van der Waals surface area contributed by atoms with Crippen molar-refractivity contribution in [1.29, 1.82) is 0 Å². The van der Waals surface area contributed by atoms with Crippen molar-refractivity contribution >= 4 is 46.0 Å². The summed E-state index contributed by atoms with van der Waals surface area (Å²) in [5.74, 6) is -0.729. The van der Waals surface area contributed by atoms with Crippen LogP contribution in [0, 0.1) is 0 Å². The monoisotopic (exact) mass is 358 g/mol. The van der Waals surface area contributed by atoms with Crippen LogP contribution in [0.25, 0.3) is 6.08 Å². The minimum absolute atomic E-state index is 0.258. The van der Waals surface area contributed by atoms with Crippen LogP contribution < -0.4 is 11.1 Å². The number of hydrogen-bond donors (Lipinski definition) is 2. The molecule has 4 nitrogen and oxygen atoms in total. The Labute approximate surface area is 149 Å². The molecule has 0 atom stereocenters. The summed E-state index contributed by atoms with van der Waals surface area (Å²) in [5, 5.41) is 3.37. The van der Waals surface area contributed by atoms with Crippen LogP contribution in [0.1, 0.15) is 32.8 Å². The zero-order valence-corrected chi connectivity index (χ0v) is 14.9. The summed E-state index contributed by atoms with van der Waals surface area (Å²) in [6, 6.07) is 7.95. The lowest BCUT2D eigenvalue weighted by Crippen LogP contribution is -2.16. The Balaban J connectivity index is 1.73. The number of fused-ring (bicyclic) bond motifs is 1. The summed E-state index contributed by atoms with van der Waals surface area (Å²) in [6.07, 6.45) is 8.11. The first-order valence-corrected chi connectivity index (χ1v) is 9.70. The first-order valence-electron chi connectivity index (χ1n) is 7.66.